The van der Waals surface area contributed by atoms with Crippen LogP contribution in [0.5, 0.6) is 5.75 Å². The van der Waals surface area contributed by atoms with Gasteiger partial charge in [-0.3, -0.25) is 0 Å². The number of nitrogens with zero attached hydrogens (tertiary/aromatic N) is 3. The summed E-state index contributed by atoms with van der Waals surface area (Å²) in [6.07, 6.45) is 1.67. The number of halogens is 1. The smallest absolute Gasteiger partial charge is 0.163 e. The number of hydrogen-bond donors (Lipinski definition) is 0. The number of rotatable bonds is 2. The zero-order valence-electron chi connectivity index (χ0n) is 8.44. The van der Waals surface area contributed by atoms with Crippen molar-refractivity contribution in [3.8, 4) is 17.1 Å². The van der Waals surface area contributed by atoms with Gasteiger partial charge in [0.1, 0.15) is 12.1 Å². The third-order valence-electron chi connectivity index (χ3n) is 2.12. The van der Waals surface area contributed by atoms with Crippen molar-refractivity contribution in [3.05, 3.63) is 29.0 Å². The number of ether oxygens (including phenoxy) is 1. The molecule has 0 atom stereocenters. The van der Waals surface area contributed by atoms with E-state index in [4.69, 9.17) is 4.74 Å². The minimum absolute atomic E-state index is 0.806. The molecule has 0 unspecified atom stereocenters. The molecule has 1 aromatic heterocycles. The number of hydrogen-bond acceptors (Lipinski definition) is 3. The maximum absolute atomic E-state index is 5.16. The van der Waals surface area contributed by atoms with E-state index in [-0.39, 0.29) is 0 Å². The standard InChI is InChI=1S/C10H10BrN3O/c1-14-6-12-13-10(14)7-3-4-9(15-2)8(11)5-7/h3-6H,1-2H3. The number of methoxy groups -OCH3 is 1. The van der Waals surface area contributed by atoms with Gasteiger partial charge in [-0.15, -0.1) is 10.2 Å². The molecule has 78 valence electrons. The lowest BCUT2D eigenvalue weighted by Crippen LogP contribution is -1.92. The summed E-state index contributed by atoms with van der Waals surface area (Å²) in [6.45, 7) is 0. The Labute approximate surface area is 96.0 Å². The molecule has 0 radical (unpaired) electrons. The summed E-state index contributed by atoms with van der Waals surface area (Å²) < 4.78 is 7.94. The maximum Gasteiger partial charge on any atom is 0.163 e. The van der Waals surface area contributed by atoms with Crippen LogP contribution in [-0.2, 0) is 7.05 Å². The van der Waals surface area contributed by atoms with E-state index < -0.39 is 0 Å². The Morgan fingerprint density at radius 2 is 2.20 bits per heavy atom. The molecule has 0 saturated heterocycles. The average molecular weight is 268 g/mol. The van der Waals surface area contributed by atoms with Crippen molar-refractivity contribution in [2.24, 2.45) is 7.05 Å². The number of aromatic nitrogens is 3. The van der Waals surface area contributed by atoms with E-state index in [0.29, 0.717) is 0 Å². The molecule has 0 spiro atoms. The fourth-order valence-corrected chi connectivity index (χ4v) is 1.89. The molecule has 4 nitrogen and oxygen atoms in total. The lowest BCUT2D eigenvalue weighted by molar-refractivity contribution is 0.412. The molecule has 0 aliphatic rings. The molecule has 0 fully saturated rings. The van der Waals surface area contributed by atoms with Crippen molar-refractivity contribution in [2.45, 2.75) is 0 Å². The molecule has 2 aromatic rings. The second-order valence-electron chi connectivity index (χ2n) is 3.11. The van der Waals surface area contributed by atoms with Gasteiger partial charge in [0.05, 0.1) is 11.6 Å². The highest BCUT2D eigenvalue weighted by Gasteiger charge is 2.07. The van der Waals surface area contributed by atoms with Crippen LogP contribution in [0.3, 0.4) is 0 Å². The summed E-state index contributed by atoms with van der Waals surface area (Å²) in [7, 11) is 3.55. The van der Waals surface area contributed by atoms with Crippen LogP contribution in [0.1, 0.15) is 0 Å². The topological polar surface area (TPSA) is 39.9 Å². The Hall–Kier alpha value is -1.36. The predicted octanol–water partition coefficient (Wildman–Crippen LogP) is 2.25. The van der Waals surface area contributed by atoms with Gasteiger partial charge in [-0.25, -0.2) is 0 Å². The average Bonchev–Trinajstić information content (AvgIpc) is 2.64. The normalized spacial score (nSPS) is 10.3. The van der Waals surface area contributed by atoms with E-state index in [1.165, 1.54) is 0 Å². The third kappa shape index (κ3) is 1.87. The van der Waals surface area contributed by atoms with Gasteiger partial charge in [-0.05, 0) is 34.1 Å². The summed E-state index contributed by atoms with van der Waals surface area (Å²) in [5.74, 6) is 1.64. The molecule has 0 saturated carbocycles. The Kier molecular flexibility index (Phi) is 2.73. The minimum Gasteiger partial charge on any atom is -0.496 e. The van der Waals surface area contributed by atoms with Crippen molar-refractivity contribution in [2.75, 3.05) is 7.11 Å². The summed E-state index contributed by atoms with van der Waals surface area (Å²) in [5, 5.41) is 7.87. The minimum atomic E-state index is 0.806. The zero-order valence-corrected chi connectivity index (χ0v) is 10.0. The predicted molar refractivity (Wildman–Crippen MR) is 60.7 cm³/mol. The molecule has 1 aromatic carbocycles. The van der Waals surface area contributed by atoms with Gasteiger partial charge in [0.2, 0.25) is 0 Å². The summed E-state index contributed by atoms with van der Waals surface area (Å²) >= 11 is 3.43. The first kappa shape index (κ1) is 10.2. The molecule has 0 amide bonds. The fraction of sp³-hybridized carbons (Fsp3) is 0.200. The fourth-order valence-electron chi connectivity index (χ4n) is 1.35. The Bertz CT molecular complexity index is 481. The first-order valence-corrected chi connectivity index (χ1v) is 5.19. The van der Waals surface area contributed by atoms with Crippen LogP contribution in [0.2, 0.25) is 0 Å². The molecule has 5 heteroatoms. The van der Waals surface area contributed by atoms with Crippen molar-refractivity contribution >= 4 is 15.9 Å². The second-order valence-corrected chi connectivity index (χ2v) is 3.97. The monoisotopic (exact) mass is 267 g/mol. The highest BCUT2D eigenvalue weighted by Crippen LogP contribution is 2.29. The van der Waals surface area contributed by atoms with Crippen LogP contribution in [0, 0.1) is 0 Å². The van der Waals surface area contributed by atoms with Crippen molar-refractivity contribution in [1.82, 2.24) is 14.8 Å². The van der Waals surface area contributed by atoms with Crippen LogP contribution in [0.4, 0.5) is 0 Å². The molecule has 0 aliphatic carbocycles. The molecule has 1 heterocycles. The van der Waals surface area contributed by atoms with Gasteiger partial charge in [0, 0.05) is 12.6 Å². The van der Waals surface area contributed by atoms with Gasteiger partial charge in [0.15, 0.2) is 5.82 Å². The third-order valence-corrected chi connectivity index (χ3v) is 2.74. The largest absolute Gasteiger partial charge is 0.496 e. The maximum atomic E-state index is 5.16. The Morgan fingerprint density at radius 1 is 1.40 bits per heavy atom. The first-order valence-electron chi connectivity index (χ1n) is 4.40. The lowest BCUT2D eigenvalue weighted by atomic mass is 10.2. The molecular formula is C10H10BrN3O. The molecule has 0 N–H and O–H groups in total. The Morgan fingerprint density at radius 3 is 2.73 bits per heavy atom. The van der Waals surface area contributed by atoms with E-state index in [0.717, 1.165) is 21.6 Å². The summed E-state index contributed by atoms with van der Waals surface area (Å²) in [5.41, 5.74) is 1.00. The number of aryl methyl sites for hydroxylation is 1. The van der Waals surface area contributed by atoms with Gasteiger partial charge in [-0.1, -0.05) is 0 Å². The van der Waals surface area contributed by atoms with Crippen LogP contribution in [0.25, 0.3) is 11.4 Å². The van der Waals surface area contributed by atoms with Crippen molar-refractivity contribution in [1.29, 1.82) is 0 Å². The van der Waals surface area contributed by atoms with E-state index in [1.807, 2.05) is 29.8 Å². The van der Waals surface area contributed by atoms with E-state index in [1.54, 1.807) is 13.4 Å². The molecular weight excluding hydrogens is 258 g/mol. The van der Waals surface area contributed by atoms with Crippen molar-refractivity contribution in [3.63, 3.8) is 0 Å². The molecule has 2 rings (SSSR count). The second kappa shape index (κ2) is 4.02. The first-order chi connectivity index (χ1) is 7.22. The highest BCUT2D eigenvalue weighted by atomic mass is 79.9. The molecule has 15 heavy (non-hydrogen) atoms. The van der Waals surface area contributed by atoms with Crippen LogP contribution < -0.4 is 4.74 Å². The molecule has 0 aliphatic heterocycles. The number of benzene rings is 1. The Balaban J connectivity index is 2.47. The van der Waals surface area contributed by atoms with Gasteiger partial charge >= 0.3 is 0 Å². The van der Waals surface area contributed by atoms with Gasteiger partial charge < -0.3 is 9.30 Å². The van der Waals surface area contributed by atoms with E-state index in [2.05, 4.69) is 26.1 Å². The quantitative estimate of drug-likeness (QED) is 0.838. The van der Waals surface area contributed by atoms with Crippen LogP contribution >= 0.6 is 15.9 Å². The van der Waals surface area contributed by atoms with E-state index in [9.17, 15) is 0 Å². The van der Waals surface area contributed by atoms with Gasteiger partial charge in [-0.2, -0.15) is 0 Å². The SMILES string of the molecule is COc1ccc(-c2nncn2C)cc1Br. The van der Waals surface area contributed by atoms with Gasteiger partial charge in [0.25, 0.3) is 0 Å². The summed E-state index contributed by atoms with van der Waals surface area (Å²) in [4.78, 5) is 0. The van der Waals surface area contributed by atoms with E-state index >= 15 is 0 Å². The van der Waals surface area contributed by atoms with Crippen LogP contribution in [-0.4, -0.2) is 21.9 Å². The molecule has 0 bridgehead atoms. The highest BCUT2D eigenvalue weighted by molar-refractivity contribution is 9.10. The lowest BCUT2D eigenvalue weighted by Gasteiger charge is -2.05. The zero-order chi connectivity index (χ0) is 10.8. The van der Waals surface area contributed by atoms with Crippen LogP contribution in [0.15, 0.2) is 29.0 Å². The summed E-state index contributed by atoms with van der Waals surface area (Å²) in [6, 6.07) is 5.81. The van der Waals surface area contributed by atoms with Crippen molar-refractivity contribution < 1.29 is 4.74 Å².